The largest absolute Gasteiger partial charge is 0.359 e. The van der Waals surface area contributed by atoms with Crippen molar-refractivity contribution in [2.45, 2.75) is 120 Å². The Labute approximate surface area is 373 Å². The Hall–Kier alpha value is -5.76. The van der Waals surface area contributed by atoms with Crippen LogP contribution in [0.5, 0.6) is 0 Å². The van der Waals surface area contributed by atoms with Gasteiger partial charge in [0.25, 0.3) is 0 Å². The van der Waals surface area contributed by atoms with E-state index in [2.05, 4.69) is 142 Å². The maximum absolute atomic E-state index is 8.20. The fraction of sp³-hybridized carbons (Fsp3) is 0.385. The van der Waals surface area contributed by atoms with E-state index < -0.39 is 19.8 Å². The molecular formula is C52H72N8. The number of benzene rings is 4. The fourth-order valence-electron chi connectivity index (χ4n) is 7.75. The lowest BCUT2D eigenvalue weighted by Crippen LogP contribution is -2.39. The van der Waals surface area contributed by atoms with Gasteiger partial charge < -0.3 is 39.2 Å². The molecule has 0 saturated heterocycles. The Bertz CT molecular complexity index is 2370. The summed E-state index contributed by atoms with van der Waals surface area (Å²) in [5.74, 6) is 0. The summed E-state index contributed by atoms with van der Waals surface area (Å²) in [6.45, 7) is 18.0. The molecule has 4 aliphatic heterocycles. The lowest BCUT2D eigenvalue weighted by Gasteiger charge is -2.33. The SMILES string of the molecule is Cc1ccccc1N1C=CN(C(C)C)[C@@H]1C.Cc1ccccc1N1C=CN(C)[C@@H]1C.[2H]C([2H])([2H])C([2H])(C)N1C=CN(c2ccccc2C)[C@H]1C.[2H]C([2H])([2H])N1C=CN(c2ccccc2C)[C@H]1C. The van der Waals surface area contributed by atoms with Gasteiger partial charge in [0, 0.05) is 107 Å². The van der Waals surface area contributed by atoms with Gasteiger partial charge in [0.15, 0.2) is 0 Å². The lowest BCUT2D eigenvalue weighted by atomic mass is 10.2. The molecule has 8 heteroatoms. The van der Waals surface area contributed by atoms with Gasteiger partial charge in [-0.25, -0.2) is 0 Å². The molecule has 0 bridgehead atoms. The summed E-state index contributed by atoms with van der Waals surface area (Å²) in [4.78, 5) is 16.1. The van der Waals surface area contributed by atoms with Crippen molar-refractivity contribution < 1.29 is 9.60 Å². The molecular weight excluding hydrogens is 737 g/mol. The Morgan fingerprint density at radius 2 is 0.750 bits per heavy atom. The zero-order valence-corrected chi connectivity index (χ0v) is 37.8. The maximum atomic E-state index is 8.20. The Kier molecular flexibility index (Phi) is 12.3. The maximum Gasteiger partial charge on any atom is 0.103 e. The number of hydrogen-bond donors (Lipinski definition) is 0. The molecule has 60 heavy (non-hydrogen) atoms. The van der Waals surface area contributed by atoms with E-state index >= 15 is 0 Å². The van der Waals surface area contributed by atoms with E-state index in [-0.39, 0.29) is 12.3 Å². The van der Waals surface area contributed by atoms with Gasteiger partial charge in [0.05, 0.1) is 1.37 Å². The summed E-state index contributed by atoms with van der Waals surface area (Å²) in [5, 5.41) is 0. The molecule has 320 valence electrons. The molecule has 0 N–H and O–H groups in total. The molecule has 4 aromatic rings. The molecule has 0 spiro atoms. The van der Waals surface area contributed by atoms with Crippen molar-refractivity contribution in [1.82, 2.24) is 19.6 Å². The summed E-state index contributed by atoms with van der Waals surface area (Å²) >= 11 is 0. The van der Waals surface area contributed by atoms with Crippen molar-refractivity contribution in [2.24, 2.45) is 0 Å². The van der Waals surface area contributed by atoms with Crippen molar-refractivity contribution in [1.29, 1.82) is 0 Å². The second-order valence-electron chi connectivity index (χ2n) is 16.1. The molecule has 8 rings (SSSR count). The van der Waals surface area contributed by atoms with Crippen LogP contribution in [0.4, 0.5) is 22.7 Å². The minimum atomic E-state index is -2.37. The normalized spacial score (nSPS) is 23.4. The van der Waals surface area contributed by atoms with Crippen LogP contribution in [0.2, 0.25) is 0 Å². The highest BCUT2D eigenvalue weighted by atomic mass is 15.4. The highest BCUT2D eigenvalue weighted by molar-refractivity contribution is 5.59. The quantitative estimate of drug-likeness (QED) is 0.190. The summed E-state index contributed by atoms with van der Waals surface area (Å²) in [7, 11) is 2.10. The molecule has 0 aromatic heterocycles. The van der Waals surface area contributed by atoms with Crippen LogP contribution in [-0.2, 0) is 0 Å². The summed E-state index contributed by atoms with van der Waals surface area (Å²) in [5.41, 5.74) is 9.56. The Balaban J connectivity index is 0.000000168. The third-order valence-electron chi connectivity index (χ3n) is 11.6. The van der Waals surface area contributed by atoms with Gasteiger partial charge in [-0.2, -0.15) is 0 Å². The van der Waals surface area contributed by atoms with Crippen molar-refractivity contribution in [3.63, 3.8) is 0 Å². The van der Waals surface area contributed by atoms with E-state index in [9.17, 15) is 0 Å². The second-order valence-corrected chi connectivity index (χ2v) is 16.1. The topological polar surface area (TPSA) is 25.9 Å². The van der Waals surface area contributed by atoms with Crippen molar-refractivity contribution in [3.8, 4) is 0 Å². The van der Waals surface area contributed by atoms with Crippen LogP contribution in [0.1, 0.15) is 87.2 Å². The first kappa shape index (κ1) is 36.1. The van der Waals surface area contributed by atoms with Crippen LogP contribution in [0.25, 0.3) is 0 Å². The zero-order chi connectivity index (χ0) is 49.6. The predicted molar refractivity (Wildman–Crippen MR) is 259 cm³/mol. The number of para-hydroxylation sites is 4. The van der Waals surface area contributed by atoms with Crippen molar-refractivity contribution in [3.05, 3.63) is 169 Å². The van der Waals surface area contributed by atoms with Crippen LogP contribution < -0.4 is 19.6 Å². The molecule has 4 aliphatic rings. The number of hydrogen-bond acceptors (Lipinski definition) is 8. The average Bonchev–Trinajstić information content (AvgIpc) is 4.04. The fourth-order valence-corrected chi connectivity index (χ4v) is 7.75. The van der Waals surface area contributed by atoms with Gasteiger partial charge in [0.1, 0.15) is 24.7 Å². The van der Waals surface area contributed by atoms with Crippen molar-refractivity contribution in [2.75, 3.05) is 33.6 Å². The van der Waals surface area contributed by atoms with E-state index in [1.165, 1.54) is 34.3 Å². The molecule has 4 aromatic carbocycles. The van der Waals surface area contributed by atoms with Gasteiger partial charge in [-0.3, -0.25) is 0 Å². The van der Waals surface area contributed by atoms with Gasteiger partial charge >= 0.3 is 0 Å². The van der Waals surface area contributed by atoms with Crippen LogP contribution in [0.15, 0.2) is 147 Å². The van der Waals surface area contributed by atoms with Crippen LogP contribution in [0.3, 0.4) is 0 Å². The first-order chi connectivity index (χ1) is 31.4. The average molecular weight is 816 g/mol. The highest BCUT2D eigenvalue weighted by Gasteiger charge is 2.27. The van der Waals surface area contributed by atoms with Gasteiger partial charge in [-0.1, -0.05) is 72.8 Å². The molecule has 5 atom stereocenters. The van der Waals surface area contributed by atoms with Crippen LogP contribution >= 0.6 is 0 Å². The monoisotopic (exact) mass is 816 g/mol. The second kappa shape index (κ2) is 20.5. The molecule has 0 saturated carbocycles. The van der Waals surface area contributed by atoms with E-state index in [4.69, 9.17) is 9.60 Å². The lowest BCUT2D eigenvalue weighted by molar-refractivity contribution is 0.263. The number of aryl methyl sites for hydroxylation is 4. The first-order valence-corrected chi connectivity index (χ1v) is 21.0. The third-order valence-corrected chi connectivity index (χ3v) is 11.6. The smallest absolute Gasteiger partial charge is 0.103 e. The number of rotatable bonds is 6. The van der Waals surface area contributed by atoms with Gasteiger partial charge in [-0.05, 0) is 130 Å². The molecule has 0 fully saturated rings. The summed E-state index contributed by atoms with van der Waals surface area (Å²) in [6, 6.07) is 31.8. The van der Waals surface area contributed by atoms with E-state index in [0.717, 1.165) is 22.5 Å². The minimum absolute atomic E-state index is 0.191. The third kappa shape index (κ3) is 10.5. The summed E-state index contributed by atoms with van der Waals surface area (Å²) in [6.07, 6.45) is 16.0. The standard InChI is InChI=1S/2C14H20N2.2C12H16N2/c2*1-11(2)15-9-10-16(13(15)4)14-8-6-5-7-12(14)3;2*1-10-6-4-5-7-12(10)14-9-8-13(3)11(14)2/h2*5-11,13H,1-4H3;2*4-9,11H,1-3H3/t2*13-;2*11-/m0000/s1/i1D3,11D;;3D3;/t11?,13-;;m;. The highest BCUT2D eigenvalue weighted by Crippen LogP contribution is 2.31. The van der Waals surface area contributed by atoms with Crippen LogP contribution in [-0.4, -0.2) is 70.3 Å². The molecule has 4 heterocycles. The summed E-state index contributed by atoms with van der Waals surface area (Å²) < 4.78 is 53.2. The van der Waals surface area contributed by atoms with E-state index in [1.54, 1.807) is 17.3 Å². The molecule has 0 amide bonds. The number of anilines is 4. The Morgan fingerprint density at radius 1 is 0.433 bits per heavy atom. The van der Waals surface area contributed by atoms with Gasteiger partial charge in [0.2, 0.25) is 0 Å². The predicted octanol–water partition coefficient (Wildman–Crippen LogP) is 11.8. The van der Waals surface area contributed by atoms with Crippen LogP contribution in [0, 0.1) is 27.7 Å². The molecule has 0 radical (unpaired) electrons. The van der Waals surface area contributed by atoms with E-state index in [1.807, 2.05) is 98.4 Å². The first-order valence-electron chi connectivity index (χ1n) is 24.5. The van der Waals surface area contributed by atoms with E-state index in [0.29, 0.717) is 18.4 Å². The number of nitrogens with zero attached hydrogens (tertiary/aromatic N) is 8. The van der Waals surface area contributed by atoms with Crippen molar-refractivity contribution >= 4 is 22.7 Å². The zero-order valence-electron chi connectivity index (χ0n) is 44.8. The molecule has 8 nitrogen and oxygen atoms in total. The molecule has 0 aliphatic carbocycles. The van der Waals surface area contributed by atoms with Gasteiger partial charge in [-0.15, -0.1) is 0 Å². The minimum Gasteiger partial charge on any atom is -0.359 e. The Morgan fingerprint density at radius 3 is 1.07 bits per heavy atom. The molecule has 1 unspecified atom stereocenters.